The van der Waals surface area contributed by atoms with Crippen LogP contribution in [-0.2, 0) is 12.8 Å². The third-order valence-corrected chi connectivity index (χ3v) is 4.37. The lowest BCUT2D eigenvalue weighted by atomic mass is 10.1. The number of benzene rings is 2. The zero-order valence-electron chi connectivity index (χ0n) is 15.0. The maximum Gasteiger partial charge on any atom is 0.226 e. The van der Waals surface area contributed by atoms with E-state index in [4.69, 9.17) is 0 Å². The molecule has 0 bridgehead atoms. The summed E-state index contributed by atoms with van der Waals surface area (Å²) in [7, 11) is 0. The van der Waals surface area contributed by atoms with Crippen molar-refractivity contribution < 1.29 is 0 Å². The summed E-state index contributed by atoms with van der Waals surface area (Å²) < 4.78 is 0. The van der Waals surface area contributed by atoms with E-state index < -0.39 is 0 Å². The van der Waals surface area contributed by atoms with Crippen LogP contribution in [0.3, 0.4) is 0 Å². The number of imidazole rings is 1. The minimum Gasteiger partial charge on any atom is -0.368 e. The second kappa shape index (κ2) is 8.31. The Bertz CT molecular complexity index is 981. The molecule has 0 atom stereocenters. The van der Waals surface area contributed by atoms with Crippen molar-refractivity contribution in [2.75, 3.05) is 23.7 Å². The van der Waals surface area contributed by atoms with Crippen molar-refractivity contribution in [2.24, 2.45) is 0 Å². The van der Waals surface area contributed by atoms with Crippen LogP contribution < -0.4 is 10.6 Å². The number of aromatic nitrogens is 4. The van der Waals surface area contributed by atoms with Crippen LogP contribution in [0.15, 0.2) is 67.0 Å². The molecule has 4 aromatic rings. The Morgan fingerprint density at radius 3 is 2.04 bits per heavy atom. The van der Waals surface area contributed by atoms with Crippen LogP contribution in [0.2, 0.25) is 0 Å². The van der Waals surface area contributed by atoms with Crippen molar-refractivity contribution in [3.63, 3.8) is 0 Å². The largest absolute Gasteiger partial charge is 0.368 e. The van der Waals surface area contributed by atoms with Gasteiger partial charge < -0.3 is 15.6 Å². The van der Waals surface area contributed by atoms with Gasteiger partial charge in [-0.15, -0.1) is 0 Å². The average molecular weight is 358 g/mol. The molecule has 0 radical (unpaired) electrons. The van der Waals surface area contributed by atoms with E-state index in [0.29, 0.717) is 11.6 Å². The molecular weight excluding hydrogens is 336 g/mol. The van der Waals surface area contributed by atoms with Crippen LogP contribution in [0.5, 0.6) is 0 Å². The Morgan fingerprint density at radius 2 is 1.37 bits per heavy atom. The van der Waals surface area contributed by atoms with Gasteiger partial charge in [0.1, 0.15) is 5.52 Å². The predicted molar refractivity (Wildman–Crippen MR) is 109 cm³/mol. The number of hydrogen-bond donors (Lipinski definition) is 3. The quantitative estimate of drug-likeness (QED) is 0.448. The molecule has 0 aliphatic rings. The molecule has 0 saturated heterocycles. The molecule has 2 aromatic heterocycles. The Hall–Kier alpha value is -3.41. The molecule has 0 aliphatic heterocycles. The molecule has 4 rings (SSSR count). The van der Waals surface area contributed by atoms with Crippen LogP contribution in [0.4, 0.5) is 11.8 Å². The molecule has 0 fully saturated rings. The fourth-order valence-electron chi connectivity index (χ4n) is 2.97. The zero-order valence-corrected chi connectivity index (χ0v) is 15.0. The fourth-order valence-corrected chi connectivity index (χ4v) is 2.97. The molecule has 2 heterocycles. The molecule has 136 valence electrons. The predicted octanol–water partition coefficient (Wildman–Crippen LogP) is 3.66. The van der Waals surface area contributed by atoms with Gasteiger partial charge in [-0.05, 0) is 24.0 Å². The van der Waals surface area contributed by atoms with Crippen molar-refractivity contribution >= 4 is 22.9 Å². The Balaban J connectivity index is 1.41. The molecule has 0 amide bonds. The van der Waals surface area contributed by atoms with Gasteiger partial charge in [0, 0.05) is 13.1 Å². The van der Waals surface area contributed by atoms with Crippen LogP contribution in [0, 0.1) is 0 Å². The summed E-state index contributed by atoms with van der Waals surface area (Å²) in [6, 6.07) is 20.8. The monoisotopic (exact) mass is 358 g/mol. The first-order valence-electron chi connectivity index (χ1n) is 9.15. The average Bonchev–Trinajstić information content (AvgIpc) is 3.18. The molecule has 0 spiro atoms. The molecule has 6 heteroatoms. The first-order chi connectivity index (χ1) is 13.4. The lowest BCUT2D eigenvalue weighted by Gasteiger charge is -2.10. The normalized spacial score (nSPS) is 10.8. The highest BCUT2D eigenvalue weighted by molar-refractivity contribution is 5.83. The van der Waals surface area contributed by atoms with Gasteiger partial charge in [-0.1, -0.05) is 60.7 Å². The van der Waals surface area contributed by atoms with Gasteiger partial charge in [0.15, 0.2) is 11.5 Å². The second-order valence-electron chi connectivity index (χ2n) is 6.32. The number of anilines is 2. The first kappa shape index (κ1) is 17.0. The van der Waals surface area contributed by atoms with Gasteiger partial charge in [0.05, 0.1) is 6.33 Å². The molecular formula is C21H22N6. The van der Waals surface area contributed by atoms with Crippen molar-refractivity contribution in [1.82, 2.24) is 19.9 Å². The Morgan fingerprint density at radius 1 is 0.741 bits per heavy atom. The standard InChI is InChI=1S/C21H22N6/c1-3-7-16(8-4-1)11-13-22-19-18-20(25-15-24-18)27-21(26-19)23-14-12-17-9-5-2-6-10-17/h1-10,15H,11-14H2,(H3,22,23,24,25,26,27). The smallest absolute Gasteiger partial charge is 0.226 e. The highest BCUT2D eigenvalue weighted by atomic mass is 15.2. The number of nitrogens with zero attached hydrogens (tertiary/aromatic N) is 3. The van der Waals surface area contributed by atoms with Crippen LogP contribution in [0.25, 0.3) is 11.2 Å². The molecule has 0 unspecified atom stereocenters. The number of H-pyrrole nitrogens is 1. The molecule has 0 aliphatic carbocycles. The zero-order chi connectivity index (χ0) is 18.3. The lowest BCUT2D eigenvalue weighted by molar-refractivity contribution is 0.977. The van der Waals surface area contributed by atoms with Gasteiger partial charge >= 0.3 is 0 Å². The highest BCUT2D eigenvalue weighted by Crippen LogP contribution is 2.18. The van der Waals surface area contributed by atoms with E-state index in [1.54, 1.807) is 6.33 Å². The highest BCUT2D eigenvalue weighted by Gasteiger charge is 2.09. The summed E-state index contributed by atoms with van der Waals surface area (Å²) >= 11 is 0. The van der Waals surface area contributed by atoms with E-state index in [1.807, 2.05) is 12.1 Å². The summed E-state index contributed by atoms with van der Waals surface area (Å²) in [5.74, 6) is 1.36. The van der Waals surface area contributed by atoms with Crippen molar-refractivity contribution in [2.45, 2.75) is 12.8 Å². The number of aromatic amines is 1. The number of rotatable bonds is 8. The second-order valence-corrected chi connectivity index (χ2v) is 6.32. The molecule has 6 nitrogen and oxygen atoms in total. The van der Waals surface area contributed by atoms with Gasteiger partial charge in [0.25, 0.3) is 0 Å². The van der Waals surface area contributed by atoms with Crippen molar-refractivity contribution in [1.29, 1.82) is 0 Å². The van der Waals surface area contributed by atoms with E-state index in [2.05, 4.69) is 79.1 Å². The van der Waals surface area contributed by atoms with Crippen LogP contribution >= 0.6 is 0 Å². The third kappa shape index (κ3) is 4.41. The Kier molecular flexibility index (Phi) is 5.24. The van der Waals surface area contributed by atoms with E-state index >= 15 is 0 Å². The van der Waals surface area contributed by atoms with Gasteiger partial charge in [0.2, 0.25) is 5.95 Å². The van der Waals surface area contributed by atoms with E-state index in [-0.39, 0.29) is 0 Å². The van der Waals surface area contributed by atoms with Crippen molar-refractivity contribution in [3.05, 3.63) is 78.1 Å². The van der Waals surface area contributed by atoms with Crippen LogP contribution in [0.1, 0.15) is 11.1 Å². The topological polar surface area (TPSA) is 78.5 Å². The minimum atomic E-state index is 0.591. The first-order valence-corrected chi connectivity index (χ1v) is 9.15. The number of hydrogen-bond acceptors (Lipinski definition) is 5. The Labute approximate surface area is 158 Å². The fraction of sp³-hybridized carbons (Fsp3) is 0.190. The van der Waals surface area contributed by atoms with Crippen molar-refractivity contribution in [3.8, 4) is 0 Å². The van der Waals surface area contributed by atoms with E-state index in [1.165, 1.54) is 11.1 Å². The summed E-state index contributed by atoms with van der Waals surface area (Å²) in [5.41, 5.74) is 4.07. The van der Waals surface area contributed by atoms with Gasteiger partial charge in [-0.25, -0.2) is 4.98 Å². The van der Waals surface area contributed by atoms with Gasteiger partial charge in [-0.3, -0.25) is 0 Å². The van der Waals surface area contributed by atoms with Crippen LogP contribution in [-0.4, -0.2) is 33.0 Å². The maximum atomic E-state index is 4.63. The maximum absolute atomic E-state index is 4.63. The summed E-state index contributed by atoms with van der Waals surface area (Å²) in [5, 5.41) is 6.72. The summed E-state index contributed by atoms with van der Waals surface area (Å²) in [6.07, 6.45) is 3.49. The van der Waals surface area contributed by atoms with E-state index in [0.717, 1.165) is 37.3 Å². The number of fused-ring (bicyclic) bond motifs is 1. The molecule has 3 N–H and O–H groups in total. The molecule has 0 saturated carbocycles. The summed E-state index contributed by atoms with van der Waals surface area (Å²) in [4.78, 5) is 16.5. The van der Waals surface area contributed by atoms with E-state index in [9.17, 15) is 0 Å². The molecule has 27 heavy (non-hydrogen) atoms. The SMILES string of the molecule is c1ccc(CCNc2nc(NCCc3ccccc3)c3[nH]cnc3n2)cc1. The third-order valence-electron chi connectivity index (χ3n) is 4.37. The molecule has 2 aromatic carbocycles. The minimum absolute atomic E-state index is 0.591. The summed E-state index contributed by atoms with van der Waals surface area (Å²) in [6.45, 7) is 1.56. The number of nitrogens with one attached hydrogen (secondary N) is 3. The lowest BCUT2D eigenvalue weighted by Crippen LogP contribution is -2.11. The van der Waals surface area contributed by atoms with Gasteiger partial charge in [-0.2, -0.15) is 9.97 Å².